The zero-order valence-electron chi connectivity index (χ0n) is 13.2. The van der Waals surface area contributed by atoms with Gasteiger partial charge >= 0.3 is 0 Å². The van der Waals surface area contributed by atoms with Gasteiger partial charge in [-0.2, -0.15) is 5.10 Å². The highest BCUT2D eigenvalue weighted by Gasteiger charge is 2.18. The Balaban J connectivity index is 2.28. The monoisotopic (exact) mass is 292 g/mol. The van der Waals surface area contributed by atoms with Gasteiger partial charge < -0.3 is 5.32 Å². The quantitative estimate of drug-likeness (QED) is 0.937. The van der Waals surface area contributed by atoms with E-state index in [1.165, 1.54) is 10.6 Å². The van der Waals surface area contributed by atoms with Crippen LogP contribution in [-0.2, 0) is 13.6 Å². The highest BCUT2D eigenvalue weighted by Crippen LogP contribution is 2.31. The first kappa shape index (κ1) is 15.2. The molecule has 4 nitrogen and oxygen atoms in total. The van der Waals surface area contributed by atoms with Crippen LogP contribution in [0.4, 0.5) is 0 Å². The van der Waals surface area contributed by atoms with Gasteiger partial charge in [-0.05, 0) is 32.8 Å². The van der Waals surface area contributed by atoms with Crippen molar-refractivity contribution < 1.29 is 0 Å². The van der Waals surface area contributed by atoms with E-state index in [0.717, 1.165) is 17.2 Å². The smallest absolute Gasteiger partial charge is 0.144 e. The maximum Gasteiger partial charge on any atom is 0.144 e. The Morgan fingerprint density at radius 2 is 2.05 bits per heavy atom. The summed E-state index contributed by atoms with van der Waals surface area (Å²) in [7, 11) is 1.93. The Morgan fingerprint density at radius 1 is 1.35 bits per heavy atom. The van der Waals surface area contributed by atoms with Gasteiger partial charge in [0.2, 0.25) is 0 Å². The molecule has 0 radical (unpaired) electrons. The van der Waals surface area contributed by atoms with Crippen molar-refractivity contribution in [1.82, 2.24) is 20.1 Å². The maximum absolute atomic E-state index is 4.80. The fourth-order valence-electron chi connectivity index (χ4n) is 1.93. The predicted molar refractivity (Wildman–Crippen MR) is 85.0 cm³/mol. The molecule has 0 amide bonds. The minimum atomic E-state index is 0.114. The summed E-state index contributed by atoms with van der Waals surface area (Å²) in [6.45, 7) is 11.8. The normalized spacial score (nSPS) is 12.3. The Morgan fingerprint density at radius 3 is 2.55 bits per heavy atom. The van der Waals surface area contributed by atoms with Gasteiger partial charge in [-0.15, -0.1) is 11.3 Å². The molecule has 0 bridgehead atoms. The lowest BCUT2D eigenvalue weighted by Crippen LogP contribution is -2.35. The third kappa shape index (κ3) is 3.67. The first-order valence-corrected chi connectivity index (χ1v) is 7.82. The number of rotatable bonds is 4. The standard InChI is InChI=1S/C15H24N4S/c1-10(2)13-12(9-16-15(3,4)5)20-14(17-13)11-7-8-19(6)18-11/h7-8,10,16H,9H2,1-6H3. The number of nitrogens with zero attached hydrogens (tertiary/aromatic N) is 3. The topological polar surface area (TPSA) is 42.7 Å². The van der Waals surface area contributed by atoms with E-state index >= 15 is 0 Å². The van der Waals surface area contributed by atoms with Gasteiger partial charge in [-0.25, -0.2) is 4.98 Å². The van der Waals surface area contributed by atoms with Crippen LogP contribution in [0.2, 0.25) is 0 Å². The molecule has 2 heterocycles. The van der Waals surface area contributed by atoms with E-state index in [0.29, 0.717) is 5.92 Å². The zero-order chi connectivity index (χ0) is 14.9. The molecule has 0 aliphatic heterocycles. The maximum atomic E-state index is 4.80. The fourth-order valence-corrected chi connectivity index (χ4v) is 3.05. The number of aryl methyl sites for hydroxylation is 1. The second kappa shape index (κ2) is 5.66. The summed E-state index contributed by atoms with van der Waals surface area (Å²) >= 11 is 1.75. The van der Waals surface area contributed by atoms with Crippen LogP contribution >= 0.6 is 11.3 Å². The molecule has 2 aromatic rings. The Hall–Kier alpha value is -1.20. The Labute approximate surface area is 125 Å². The van der Waals surface area contributed by atoms with Crippen LogP contribution in [0.5, 0.6) is 0 Å². The average molecular weight is 292 g/mol. The summed E-state index contributed by atoms with van der Waals surface area (Å²) in [4.78, 5) is 6.11. The largest absolute Gasteiger partial charge is 0.307 e. The summed E-state index contributed by atoms with van der Waals surface area (Å²) in [6.07, 6.45) is 1.96. The van der Waals surface area contributed by atoms with E-state index in [-0.39, 0.29) is 5.54 Å². The number of hydrogen-bond donors (Lipinski definition) is 1. The van der Waals surface area contributed by atoms with Crippen molar-refractivity contribution in [3.63, 3.8) is 0 Å². The molecule has 110 valence electrons. The van der Waals surface area contributed by atoms with Crippen molar-refractivity contribution in [3.05, 3.63) is 22.8 Å². The molecule has 0 saturated carbocycles. The van der Waals surface area contributed by atoms with Gasteiger partial charge in [-0.3, -0.25) is 4.68 Å². The van der Waals surface area contributed by atoms with E-state index < -0.39 is 0 Å². The molecular formula is C15H24N4S. The van der Waals surface area contributed by atoms with Gasteiger partial charge in [0, 0.05) is 30.2 Å². The molecule has 0 atom stereocenters. The first-order valence-electron chi connectivity index (χ1n) is 7.01. The Bertz CT molecular complexity index is 575. The third-order valence-electron chi connectivity index (χ3n) is 2.99. The number of nitrogens with one attached hydrogen (secondary N) is 1. The lowest BCUT2D eigenvalue weighted by molar-refractivity contribution is 0.425. The molecule has 2 rings (SSSR count). The summed E-state index contributed by atoms with van der Waals surface area (Å²) in [5.41, 5.74) is 2.26. The fraction of sp³-hybridized carbons (Fsp3) is 0.600. The van der Waals surface area contributed by atoms with Crippen LogP contribution < -0.4 is 5.32 Å². The molecule has 0 fully saturated rings. The lowest BCUT2D eigenvalue weighted by Gasteiger charge is -2.20. The zero-order valence-corrected chi connectivity index (χ0v) is 14.0. The molecule has 2 aromatic heterocycles. The molecule has 0 saturated heterocycles. The van der Waals surface area contributed by atoms with Gasteiger partial charge in [-0.1, -0.05) is 13.8 Å². The van der Waals surface area contributed by atoms with E-state index in [4.69, 9.17) is 4.98 Å². The molecular weight excluding hydrogens is 268 g/mol. The molecule has 20 heavy (non-hydrogen) atoms. The van der Waals surface area contributed by atoms with Gasteiger partial charge in [0.1, 0.15) is 10.7 Å². The summed E-state index contributed by atoms with van der Waals surface area (Å²) in [6, 6.07) is 2.02. The second-order valence-corrected chi connectivity index (χ2v) is 7.54. The molecule has 0 aliphatic rings. The average Bonchev–Trinajstić information content (AvgIpc) is 2.91. The van der Waals surface area contributed by atoms with Crippen LogP contribution in [-0.4, -0.2) is 20.3 Å². The molecule has 1 N–H and O–H groups in total. The third-order valence-corrected chi connectivity index (χ3v) is 4.08. The van der Waals surface area contributed by atoms with Crippen molar-refractivity contribution in [3.8, 4) is 10.7 Å². The van der Waals surface area contributed by atoms with Crippen molar-refractivity contribution in [1.29, 1.82) is 0 Å². The van der Waals surface area contributed by atoms with E-state index in [2.05, 4.69) is 45.0 Å². The molecule has 0 unspecified atom stereocenters. The summed E-state index contributed by atoms with van der Waals surface area (Å²) < 4.78 is 1.82. The van der Waals surface area contributed by atoms with Crippen LogP contribution in [0, 0.1) is 0 Å². The van der Waals surface area contributed by atoms with Crippen molar-refractivity contribution >= 4 is 11.3 Å². The second-order valence-electron chi connectivity index (χ2n) is 6.46. The Kier molecular flexibility index (Phi) is 4.30. The van der Waals surface area contributed by atoms with Crippen molar-refractivity contribution in [2.75, 3.05) is 0 Å². The van der Waals surface area contributed by atoms with Crippen LogP contribution in [0.25, 0.3) is 10.7 Å². The highest BCUT2D eigenvalue weighted by molar-refractivity contribution is 7.15. The van der Waals surface area contributed by atoms with Gasteiger partial charge in [0.25, 0.3) is 0 Å². The van der Waals surface area contributed by atoms with E-state index in [1.54, 1.807) is 11.3 Å². The number of hydrogen-bond acceptors (Lipinski definition) is 4. The van der Waals surface area contributed by atoms with Crippen LogP contribution in [0.1, 0.15) is 51.1 Å². The molecule has 0 spiro atoms. The predicted octanol–water partition coefficient (Wildman–Crippen LogP) is 3.56. The van der Waals surface area contributed by atoms with Crippen LogP contribution in [0.15, 0.2) is 12.3 Å². The lowest BCUT2D eigenvalue weighted by atomic mass is 10.1. The number of thiazole rings is 1. The molecule has 5 heteroatoms. The highest BCUT2D eigenvalue weighted by atomic mass is 32.1. The molecule has 0 aliphatic carbocycles. The minimum Gasteiger partial charge on any atom is -0.307 e. The number of aromatic nitrogens is 3. The van der Waals surface area contributed by atoms with E-state index in [1.807, 2.05) is 24.0 Å². The minimum absolute atomic E-state index is 0.114. The SMILES string of the molecule is CC(C)c1nc(-c2ccn(C)n2)sc1CNC(C)(C)C. The van der Waals surface area contributed by atoms with Crippen LogP contribution in [0.3, 0.4) is 0 Å². The van der Waals surface area contributed by atoms with Gasteiger partial charge in [0.05, 0.1) is 5.69 Å². The van der Waals surface area contributed by atoms with Crippen molar-refractivity contribution in [2.45, 2.75) is 52.6 Å². The van der Waals surface area contributed by atoms with Gasteiger partial charge in [0.15, 0.2) is 0 Å². The summed E-state index contributed by atoms with van der Waals surface area (Å²) in [5.74, 6) is 0.431. The van der Waals surface area contributed by atoms with Crippen molar-refractivity contribution in [2.24, 2.45) is 7.05 Å². The first-order chi connectivity index (χ1) is 9.26. The molecule has 0 aromatic carbocycles. The summed E-state index contributed by atoms with van der Waals surface area (Å²) in [5, 5.41) is 9.01. The van der Waals surface area contributed by atoms with E-state index in [9.17, 15) is 0 Å².